The van der Waals surface area contributed by atoms with E-state index < -0.39 is 11.7 Å². The van der Waals surface area contributed by atoms with Gasteiger partial charge in [-0.1, -0.05) is 11.6 Å². The van der Waals surface area contributed by atoms with E-state index in [1.54, 1.807) is 0 Å². The van der Waals surface area contributed by atoms with Crippen molar-refractivity contribution in [3.63, 3.8) is 0 Å². The summed E-state index contributed by atoms with van der Waals surface area (Å²) < 4.78 is 39.2. The van der Waals surface area contributed by atoms with Crippen molar-refractivity contribution in [3.05, 3.63) is 52.5 Å². The zero-order valence-electron chi connectivity index (χ0n) is 10.2. The highest BCUT2D eigenvalue weighted by Gasteiger charge is 2.30. The van der Waals surface area contributed by atoms with Gasteiger partial charge in [0.1, 0.15) is 10.0 Å². The lowest BCUT2D eigenvalue weighted by atomic mass is 10.2. The fourth-order valence-corrected chi connectivity index (χ4v) is 3.13. The van der Waals surface area contributed by atoms with Crippen molar-refractivity contribution in [3.8, 4) is 10.6 Å². The number of benzene rings is 1. The first kappa shape index (κ1) is 14.1. The first-order chi connectivity index (χ1) is 9.84. The summed E-state index contributed by atoms with van der Waals surface area (Å²) in [5.74, 6) is 0. The number of thiazole rings is 1. The lowest BCUT2D eigenvalue weighted by molar-refractivity contribution is -0.605. The molecule has 0 fully saturated rings. The molecule has 3 nitrogen and oxygen atoms in total. The number of halogens is 4. The largest absolute Gasteiger partial charge is 0.619 e. The lowest BCUT2D eigenvalue weighted by Crippen LogP contribution is -2.23. The first-order valence-corrected chi connectivity index (χ1v) is 6.90. The Labute approximate surface area is 125 Å². The van der Waals surface area contributed by atoms with Crippen LogP contribution in [0.4, 0.5) is 13.2 Å². The Morgan fingerprint density at radius 3 is 2.67 bits per heavy atom. The Kier molecular flexibility index (Phi) is 3.26. The van der Waals surface area contributed by atoms with Gasteiger partial charge in [0, 0.05) is 11.6 Å². The summed E-state index contributed by atoms with van der Waals surface area (Å²) >= 11 is 7.18. The van der Waals surface area contributed by atoms with Gasteiger partial charge < -0.3 is 5.21 Å². The monoisotopic (exact) mass is 330 g/mol. The molecule has 0 radical (unpaired) electrons. The molecule has 108 valence electrons. The van der Waals surface area contributed by atoms with Gasteiger partial charge >= 0.3 is 6.18 Å². The van der Waals surface area contributed by atoms with Crippen LogP contribution < -0.4 is 4.73 Å². The lowest BCUT2D eigenvalue weighted by Gasteiger charge is -2.04. The Morgan fingerprint density at radius 2 is 2.00 bits per heavy atom. The number of hydrogen-bond acceptors (Lipinski definition) is 3. The van der Waals surface area contributed by atoms with Crippen LogP contribution in [0, 0.1) is 5.21 Å². The number of nitrogens with zero attached hydrogens (tertiary/aromatic N) is 2. The van der Waals surface area contributed by atoms with Crippen LogP contribution >= 0.6 is 22.9 Å². The molecule has 0 N–H and O–H groups in total. The van der Waals surface area contributed by atoms with Crippen molar-refractivity contribution in [1.82, 2.24) is 4.98 Å². The van der Waals surface area contributed by atoms with Gasteiger partial charge in [-0.3, -0.25) is 0 Å². The minimum atomic E-state index is -4.41. The van der Waals surface area contributed by atoms with Gasteiger partial charge in [0.25, 0.3) is 0 Å². The number of aromatic nitrogens is 2. The molecule has 21 heavy (non-hydrogen) atoms. The number of hydrogen-bond donors (Lipinski definition) is 0. The Bertz CT molecular complexity index is 832. The zero-order valence-corrected chi connectivity index (χ0v) is 11.8. The summed E-state index contributed by atoms with van der Waals surface area (Å²) in [4.78, 5) is 4.17. The summed E-state index contributed by atoms with van der Waals surface area (Å²) in [5, 5.41) is 11.8. The van der Waals surface area contributed by atoms with Gasteiger partial charge in [-0.15, -0.1) is 11.3 Å². The smallest absolute Gasteiger partial charge is 0.416 e. The van der Waals surface area contributed by atoms with Crippen molar-refractivity contribution < 1.29 is 17.9 Å². The third-order valence-electron chi connectivity index (χ3n) is 2.83. The Morgan fingerprint density at radius 1 is 1.24 bits per heavy atom. The minimum Gasteiger partial charge on any atom is -0.619 e. The molecule has 0 spiro atoms. The molecular formula is C13H6ClF3N2OS. The molecular weight excluding hydrogens is 325 g/mol. The molecule has 1 aromatic carbocycles. The van der Waals surface area contributed by atoms with Crippen molar-refractivity contribution in [1.29, 1.82) is 0 Å². The number of rotatable bonds is 1. The molecule has 0 aliphatic carbocycles. The van der Waals surface area contributed by atoms with E-state index in [2.05, 4.69) is 4.98 Å². The van der Waals surface area contributed by atoms with Crippen LogP contribution in [0.15, 0.2) is 36.7 Å². The fraction of sp³-hybridized carbons (Fsp3) is 0.0769. The molecule has 0 atom stereocenters. The predicted molar refractivity (Wildman–Crippen MR) is 74.0 cm³/mol. The molecule has 2 aromatic heterocycles. The van der Waals surface area contributed by atoms with Crippen molar-refractivity contribution >= 4 is 33.2 Å². The van der Waals surface area contributed by atoms with E-state index in [1.165, 1.54) is 35.9 Å². The van der Waals surface area contributed by atoms with E-state index in [0.717, 1.165) is 12.1 Å². The second-order valence-electron chi connectivity index (χ2n) is 4.27. The highest BCUT2D eigenvalue weighted by molar-refractivity contribution is 7.21. The summed E-state index contributed by atoms with van der Waals surface area (Å²) in [5.41, 5.74) is 0.0154. The topological polar surface area (TPSA) is 39.8 Å². The normalized spacial score (nSPS) is 12.0. The summed E-state index contributed by atoms with van der Waals surface area (Å²) in [6.45, 7) is 0. The van der Waals surface area contributed by atoms with Crippen molar-refractivity contribution in [2.75, 3.05) is 0 Å². The standard InChI is InChI=1S/C13H6ClF3N2OS/c14-9-6-19(20)4-3-8(9)12-18-10-5-7(13(15,16)17)1-2-11(10)21-12/h1-6H. The molecule has 0 amide bonds. The molecule has 0 aliphatic rings. The van der Waals surface area contributed by atoms with Gasteiger partial charge in [-0.05, 0) is 18.2 Å². The third-order valence-corrected chi connectivity index (χ3v) is 4.20. The third kappa shape index (κ3) is 2.66. The van der Waals surface area contributed by atoms with Gasteiger partial charge in [-0.2, -0.15) is 17.9 Å². The molecule has 0 aliphatic heterocycles. The van der Waals surface area contributed by atoms with E-state index >= 15 is 0 Å². The van der Waals surface area contributed by atoms with Crippen LogP contribution in [0.25, 0.3) is 20.8 Å². The zero-order chi connectivity index (χ0) is 15.2. The SMILES string of the molecule is [O-][n+]1ccc(-c2nc3cc(C(F)(F)F)ccc3s2)c(Cl)c1. The van der Waals surface area contributed by atoms with Gasteiger partial charge in [0.05, 0.1) is 15.8 Å². The molecule has 8 heteroatoms. The maximum absolute atomic E-state index is 12.7. The number of pyridine rings is 1. The van der Waals surface area contributed by atoms with Crippen molar-refractivity contribution in [2.24, 2.45) is 0 Å². The predicted octanol–water partition coefficient (Wildman–Crippen LogP) is 4.27. The first-order valence-electron chi connectivity index (χ1n) is 5.71. The Balaban J connectivity index is 2.13. The molecule has 3 aromatic rings. The summed E-state index contributed by atoms with van der Waals surface area (Å²) in [6.07, 6.45) is -1.98. The molecule has 3 rings (SSSR count). The van der Waals surface area contributed by atoms with Crippen LogP contribution in [0.2, 0.25) is 5.02 Å². The van der Waals surface area contributed by atoms with Crippen LogP contribution in [0.5, 0.6) is 0 Å². The number of alkyl halides is 3. The Hall–Kier alpha value is -1.86. The molecule has 0 bridgehead atoms. The second-order valence-corrected chi connectivity index (χ2v) is 5.70. The van der Waals surface area contributed by atoms with E-state index in [4.69, 9.17) is 11.6 Å². The average molecular weight is 331 g/mol. The van der Waals surface area contributed by atoms with E-state index in [1.807, 2.05) is 0 Å². The fourth-order valence-electron chi connectivity index (χ4n) is 1.84. The molecule has 0 saturated heterocycles. The quantitative estimate of drug-likeness (QED) is 0.494. The average Bonchev–Trinajstić information content (AvgIpc) is 2.79. The summed E-state index contributed by atoms with van der Waals surface area (Å²) in [7, 11) is 0. The van der Waals surface area contributed by atoms with E-state index in [-0.39, 0.29) is 10.5 Å². The summed E-state index contributed by atoms with van der Waals surface area (Å²) in [6, 6.07) is 4.88. The second kappa shape index (κ2) is 4.85. The maximum Gasteiger partial charge on any atom is 0.416 e. The van der Waals surface area contributed by atoms with Crippen LogP contribution in [-0.4, -0.2) is 4.98 Å². The number of fused-ring (bicyclic) bond motifs is 1. The van der Waals surface area contributed by atoms with Gasteiger partial charge in [0.15, 0.2) is 12.4 Å². The van der Waals surface area contributed by atoms with Crippen LogP contribution in [-0.2, 0) is 6.18 Å². The highest BCUT2D eigenvalue weighted by atomic mass is 35.5. The van der Waals surface area contributed by atoms with Gasteiger partial charge in [0.2, 0.25) is 0 Å². The van der Waals surface area contributed by atoms with Crippen molar-refractivity contribution in [2.45, 2.75) is 6.18 Å². The molecule has 0 unspecified atom stereocenters. The minimum absolute atomic E-state index is 0.197. The van der Waals surface area contributed by atoms with Gasteiger partial charge in [-0.25, -0.2) is 4.98 Å². The van der Waals surface area contributed by atoms with E-state index in [0.29, 0.717) is 20.0 Å². The molecule has 2 heterocycles. The van der Waals surface area contributed by atoms with E-state index in [9.17, 15) is 18.4 Å². The molecule has 0 saturated carbocycles. The van der Waals surface area contributed by atoms with Crippen LogP contribution in [0.3, 0.4) is 0 Å². The highest BCUT2D eigenvalue weighted by Crippen LogP contribution is 2.36. The van der Waals surface area contributed by atoms with Crippen LogP contribution in [0.1, 0.15) is 5.56 Å². The maximum atomic E-state index is 12.7.